The van der Waals surface area contributed by atoms with Gasteiger partial charge in [0.2, 0.25) is 0 Å². The summed E-state index contributed by atoms with van der Waals surface area (Å²) in [5, 5.41) is 2.56. The van der Waals surface area contributed by atoms with E-state index in [0.717, 1.165) is 36.2 Å². The SMILES string of the molecule is Cl.NC1=N[C@@]2(c3cc(NC(=O)c4ccc(OCC(F)(F)C(F)F)cn4)ccc3F)COC[C@@]2(F)CS1. The van der Waals surface area contributed by atoms with E-state index in [1.807, 2.05) is 0 Å². The number of alkyl halides is 5. The molecule has 15 heteroatoms. The molecule has 2 atom stereocenters. The number of carbonyl (C=O) groups excluding carboxylic acids is 1. The Morgan fingerprint density at radius 1 is 1.28 bits per heavy atom. The summed E-state index contributed by atoms with van der Waals surface area (Å²) < 4.78 is 90.7. The highest BCUT2D eigenvalue weighted by Gasteiger charge is 2.61. The smallest absolute Gasteiger partial charge is 0.340 e. The van der Waals surface area contributed by atoms with Crippen LogP contribution in [0, 0.1) is 5.82 Å². The maximum Gasteiger partial charge on any atom is 0.340 e. The van der Waals surface area contributed by atoms with Gasteiger partial charge in [-0.25, -0.2) is 27.5 Å². The summed E-state index contributed by atoms with van der Waals surface area (Å²) in [6, 6.07) is 5.74. The highest BCUT2D eigenvalue weighted by molar-refractivity contribution is 8.13. The Labute approximate surface area is 211 Å². The van der Waals surface area contributed by atoms with Gasteiger partial charge in [-0.3, -0.25) is 4.79 Å². The predicted molar refractivity (Wildman–Crippen MR) is 123 cm³/mol. The summed E-state index contributed by atoms with van der Waals surface area (Å²) in [6.45, 7) is -2.11. The van der Waals surface area contributed by atoms with Gasteiger partial charge in [0.05, 0.1) is 19.4 Å². The molecule has 1 saturated heterocycles. The molecule has 0 radical (unpaired) electrons. The number of hydrogen-bond acceptors (Lipinski definition) is 7. The van der Waals surface area contributed by atoms with Gasteiger partial charge in [0, 0.05) is 17.0 Å². The second-order valence-electron chi connectivity index (χ2n) is 7.94. The normalized spacial score (nSPS) is 23.5. The molecule has 0 aliphatic carbocycles. The van der Waals surface area contributed by atoms with Crippen LogP contribution in [0.1, 0.15) is 16.1 Å². The molecule has 1 amide bonds. The molecule has 7 nitrogen and oxygen atoms in total. The number of rotatable bonds is 7. The third-order valence-electron chi connectivity index (χ3n) is 5.52. The number of amides is 1. The van der Waals surface area contributed by atoms with Crippen molar-refractivity contribution in [2.24, 2.45) is 10.7 Å². The lowest BCUT2D eigenvalue weighted by atomic mass is 9.79. The van der Waals surface area contributed by atoms with Crippen LogP contribution in [-0.4, -0.2) is 59.6 Å². The van der Waals surface area contributed by atoms with Crippen molar-refractivity contribution in [1.82, 2.24) is 4.98 Å². The van der Waals surface area contributed by atoms with E-state index in [9.17, 15) is 26.7 Å². The van der Waals surface area contributed by atoms with Gasteiger partial charge in [-0.2, -0.15) is 8.78 Å². The van der Waals surface area contributed by atoms with Crippen LogP contribution in [0.15, 0.2) is 41.5 Å². The molecule has 0 bridgehead atoms. The number of ether oxygens (including phenoxy) is 2. The number of nitrogens with two attached hydrogens (primary N) is 1. The molecular formula is C21H19ClF6N4O3S. The summed E-state index contributed by atoms with van der Waals surface area (Å²) in [5.74, 6) is -6.21. The quantitative estimate of drug-likeness (QED) is 0.497. The van der Waals surface area contributed by atoms with Gasteiger partial charge < -0.3 is 20.5 Å². The van der Waals surface area contributed by atoms with E-state index >= 15 is 4.39 Å². The van der Waals surface area contributed by atoms with E-state index in [-0.39, 0.29) is 59.2 Å². The minimum Gasteiger partial charge on any atom is -0.485 e. The fourth-order valence-corrected chi connectivity index (χ4v) is 4.57. The van der Waals surface area contributed by atoms with Crippen molar-refractivity contribution in [3.8, 4) is 5.75 Å². The van der Waals surface area contributed by atoms with Crippen LogP contribution >= 0.6 is 24.2 Å². The maximum atomic E-state index is 15.7. The molecule has 2 aliphatic rings. The highest BCUT2D eigenvalue weighted by Crippen LogP contribution is 2.50. The molecule has 0 spiro atoms. The van der Waals surface area contributed by atoms with Gasteiger partial charge in [-0.05, 0) is 30.3 Å². The number of carbonyl (C=O) groups is 1. The number of aliphatic imine (C=N–C) groups is 1. The second-order valence-corrected chi connectivity index (χ2v) is 8.93. The molecule has 196 valence electrons. The third kappa shape index (κ3) is 5.20. The Kier molecular flexibility index (Phi) is 8.01. The molecule has 0 unspecified atom stereocenters. The molecule has 2 aliphatic heterocycles. The average molecular weight is 557 g/mol. The number of thioether (sulfide) groups is 1. The summed E-state index contributed by atoms with van der Waals surface area (Å²) in [5.41, 5.74) is 1.84. The first-order chi connectivity index (χ1) is 16.5. The summed E-state index contributed by atoms with van der Waals surface area (Å²) in [4.78, 5) is 20.5. The minimum atomic E-state index is -4.34. The van der Waals surface area contributed by atoms with Crippen molar-refractivity contribution in [2.75, 3.05) is 30.9 Å². The van der Waals surface area contributed by atoms with Gasteiger partial charge in [0.25, 0.3) is 5.91 Å². The first kappa shape index (κ1) is 27.9. The lowest BCUT2D eigenvalue weighted by Gasteiger charge is -2.38. The van der Waals surface area contributed by atoms with Crippen LogP contribution in [0.3, 0.4) is 0 Å². The van der Waals surface area contributed by atoms with Crippen LogP contribution in [-0.2, 0) is 10.3 Å². The highest BCUT2D eigenvalue weighted by atomic mass is 35.5. The number of halogens is 7. The minimum absolute atomic E-state index is 0. The van der Waals surface area contributed by atoms with Gasteiger partial charge in [0.1, 0.15) is 17.3 Å². The maximum absolute atomic E-state index is 15.7. The lowest BCUT2D eigenvalue weighted by Crippen LogP contribution is -2.52. The molecule has 1 aromatic carbocycles. The van der Waals surface area contributed by atoms with Gasteiger partial charge >= 0.3 is 12.3 Å². The van der Waals surface area contributed by atoms with Crippen LogP contribution in [0.25, 0.3) is 0 Å². The van der Waals surface area contributed by atoms with Crippen LogP contribution in [0.5, 0.6) is 5.75 Å². The van der Waals surface area contributed by atoms with E-state index in [0.29, 0.717) is 0 Å². The molecular weight excluding hydrogens is 538 g/mol. The average Bonchev–Trinajstić information content (AvgIpc) is 3.16. The number of aromatic nitrogens is 1. The van der Waals surface area contributed by atoms with Gasteiger partial charge in [-0.1, -0.05) is 11.8 Å². The molecule has 3 heterocycles. The summed E-state index contributed by atoms with van der Waals surface area (Å²) in [7, 11) is 0. The van der Waals surface area contributed by atoms with E-state index in [1.54, 1.807) is 0 Å². The number of hydrogen-bond donors (Lipinski definition) is 2. The summed E-state index contributed by atoms with van der Waals surface area (Å²) in [6.07, 6.45) is -2.98. The molecule has 36 heavy (non-hydrogen) atoms. The largest absolute Gasteiger partial charge is 0.485 e. The van der Waals surface area contributed by atoms with Crippen LogP contribution in [0.4, 0.5) is 32.0 Å². The second kappa shape index (κ2) is 10.3. The molecule has 1 fully saturated rings. The Bertz CT molecular complexity index is 1160. The van der Waals surface area contributed by atoms with Crippen LogP contribution < -0.4 is 15.8 Å². The Balaban J connectivity index is 0.00000361. The first-order valence-electron chi connectivity index (χ1n) is 10.1. The monoisotopic (exact) mass is 556 g/mol. The number of nitrogens with one attached hydrogen (secondary N) is 1. The molecule has 4 rings (SSSR count). The van der Waals surface area contributed by atoms with Crippen molar-refractivity contribution in [3.63, 3.8) is 0 Å². The van der Waals surface area contributed by atoms with Crippen LogP contribution in [0.2, 0.25) is 0 Å². The van der Waals surface area contributed by atoms with Crippen molar-refractivity contribution < 1.29 is 40.6 Å². The number of pyridine rings is 1. The zero-order valence-corrected chi connectivity index (χ0v) is 19.8. The number of benzene rings is 1. The fourth-order valence-electron chi connectivity index (χ4n) is 3.65. The number of anilines is 1. The standard InChI is InChI=1S/C21H18F6N4O3S.ClH/c22-14-3-1-11(5-13(14)20-8-33-7-19(20,25)10-35-18(28)31-20)30-16(32)15-4-2-12(6-29-15)34-9-21(26,27)17(23)24;/h1-6,17H,7-10H2,(H2,28,31)(H,30,32);1H/t19-,20-;/m1./s1. The third-order valence-corrected chi connectivity index (χ3v) is 6.51. The molecule has 0 saturated carbocycles. The molecule has 1 aromatic heterocycles. The zero-order valence-electron chi connectivity index (χ0n) is 18.2. The van der Waals surface area contributed by atoms with E-state index < -0.39 is 41.9 Å². The Morgan fingerprint density at radius 2 is 2.03 bits per heavy atom. The van der Waals surface area contributed by atoms with Crippen molar-refractivity contribution in [2.45, 2.75) is 23.6 Å². The van der Waals surface area contributed by atoms with E-state index in [2.05, 4.69) is 20.0 Å². The van der Waals surface area contributed by atoms with Gasteiger partial charge in [-0.15, -0.1) is 12.4 Å². The molecule has 3 N–H and O–H groups in total. The van der Waals surface area contributed by atoms with E-state index in [1.165, 1.54) is 12.1 Å². The Hall–Kier alpha value is -2.71. The topological polar surface area (TPSA) is 98.8 Å². The van der Waals surface area contributed by atoms with Crippen molar-refractivity contribution in [1.29, 1.82) is 0 Å². The number of amidine groups is 1. The fraction of sp³-hybridized carbons (Fsp3) is 0.381. The number of fused-ring (bicyclic) bond motifs is 1. The number of nitrogens with zero attached hydrogens (tertiary/aromatic N) is 2. The van der Waals surface area contributed by atoms with Crippen molar-refractivity contribution >= 4 is 40.9 Å². The predicted octanol–water partition coefficient (Wildman–Crippen LogP) is 4.17. The van der Waals surface area contributed by atoms with Gasteiger partial charge in [0.15, 0.2) is 23.0 Å². The van der Waals surface area contributed by atoms with Crippen molar-refractivity contribution in [3.05, 3.63) is 53.6 Å². The lowest BCUT2D eigenvalue weighted by molar-refractivity contribution is -0.148. The summed E-state index contributed by atoms with van der Waals surface area (Å²) >= 11 is 0.995. The molecule has 2 aromatic rings. The first-order valence-corrected chi connectivity index (χ1v) is 11.1. The zero-order chi connectivity index (χ0) is 25.4. The van der Waals surface area contributed by atoms with E-state index in [4.69, 9.17) is 10.5 Å². The Morgan fingerprint density at radius 3 is 2.69 bits per heavy atom.